The van der Waals surface area contributed by atoms with Gasteiger partial charge in [-0.3, -0.25) is 0 Å². The summed E-state index contributed by atoms with van der Waals surface area (Å²) in [5.74, 6) is -4.56. The number of aromatic carboxylic acids is 4. The summed E-state index contributed by atoms with van der Waals surface area (Å²) in [5.41, 5.74) is 0.880. The fourth-order valence-corrected chi connectivity index (χ4v) is 6.87. The molecule has 0 aliphatic rings. The summed E-state index contributed by atoms with van der Waals surface area (Å²) in [6.45, 7) is 0. The van der Waals surface area contributed by atoms with E-state index in [1.165, 1.54) is 24.3 Å². The van der Waals surface area contributed by atoms with Gasteiger partial charge in [0, 0.05) is 20.9 Å². The Hall–Kier alpha value is -3.32. The number of hydrogen-bond acceptors (Lipinski definition) is 8. The lowest BCUT2D eigenvalue weighted by Gasteiger charge is -2.03. The van der Waals surface area contributed by atoms with Crippen LogP contribution in [0, 0.1) is 0 Å². The summed E-state index contributed by atoms with van der Waals surface area (Å²) in [7, 11) is 0. The van der Waals surface area contributed by atoms with Crippen LogP contribution in [0.1, 0.15) is 38.7 Å². The number of hydrogen-bond donors (Lipinski definition) is 4. The molecule has 4 heterocycles. The zero-order valence-corrected chi connectivity index (χ0v) is 18.8. The third kappa shape index (κ3) is 3.96. The highest BCUT2D eigenvalue weighted by Gasteiger charge is 2.25. The third-order valence-electron chi connectivity index (χ3n) is 4.26. The first-order valence-electron chi connectivity index (χ1n) is 8.57. The molecule has 0 bridgehead atoms. The van der Waals surface area contributed by atoms with E-state index >= 15 is 0 Å². The second-order valence-corrected chi connectivity index (χ2v) is 10.5. The minimum atomic E-state index is -1.17. The van der Waals surface area contributed by atoms with E-state index in [1.807, 2.05) is 0 Å². The number of thiophene rings is 4. The third-order valence-corrected chi connectivity index (χ3v) is 9.01. The van der Waals surface area contributed by atoms with Crippen molar-refractivity contribution in [3.05, 3.63) is 55.9 Å². The van der Waals surface area contributed by atoms with Crippen LogP contribution in [-0.4, -0.2) is 44.3 Å². The molecule has 8 nitrogen and oxygen atoms in total. The fraction of sp³-hybridized carbons (Fsp3) is 0. The van der Waals surface area contributed by atoms with Gasteiger partial charge in [-0.15, -0.1) is 45.3 Å². The van der Waals surface area contributed by atoms with Gasteiger partial charge < -0.3 is 20.4 Å². The van der Waals surface area contributed by atoms with E-state index in [2.05, 4.69) is 0 Å². The van der Waals surface area contributed by atoms with Gasteiger partial charge in [0.15, 0.2) is 0 Å². The van der Waals surface area contributed by atoms with Gasteiger partial charge in [-0.25, -0.2) is 19.2 Å². The Bertz CT molecular complexity index is 1290. The van der Waals surface area contributed by atoms with Gasteiger partial charge in [-0.2, -0.15) is 0 Å². The zero-order chi connectivity index (χ0) is 23.2. The van der Waals surface area contributed by atoms with Crippen molar-refractivity contribution < 1.29 is 39.6 Å². The van der Waals surface area contributed by atoms with Crippen LogP contribution in [0.15, 0.2) is 36.4 Å². The molecule has 32 heavy (non-hydrogen) atoms. The first kappa shape index (κ1) is 21.9. The van der Waals surface area contributed by atoms with Gasteiger partial charge in [0.05, 0.1) is 9.75 Å². The van der Waals surface area contributed by atoms with E-state index in [-0.39, 0.29) is 19.5 Å². The molecule has 0 saturated heterocycles. The molecule has 162 valence electrons. The number of carbonyl (C=O) groups is 4. The quantitative estimate of drug-likeness (QED) is 0.248. The van der Waals surface area contributed by atoms with Crippen LogP contribution in [0.3, 0.4) is 0 Å². The van der Waals surface area contributed by atoms with Crippen molar-refractivity contribution in [2.75, 3.05) is 0 Å². The summed E-state index contributed by atoms with van der Waals surface area (Å²) < 4.78 is 0. The van der Waals surface area contributed by atoms with Gasteiger partial charge in [-0.1, -0.05) is 0 Å². The SMILES string of the molecule is O=C(O)c1ccc(-c2sc(C(=O)O)cc2-c2cc(C(=O)O)sc2-c2ccc(C(=O)O)s2)s1. The normalized spacial score (nSPS) is 10.9. The van der Waals surface area contributed by atoms with E-state index in [1.54, 1.807) is 12.1 Å². The molecule has 4 aromatic rings. The van der Waals surface area contributed by atoms with Gasteiger partial charge in [-0.05, 0) is 36.4 Å². The second-order valence-electron chi connectivity index (χ2n) is 6.26. The first-order chi connectivity index (χ1) is 15.2. The minimum absolute atomic E-state index is 0.00621. The Morgan fingerprint density at radius 1 is 0.500 bits per heavy atom. The van der Waals surface area contributed by atoms with Crippen LogP contribution in [0.4, 0.5) is 0 Å². The molecule has 4 N–H and O–H groups in total. The largest absolute Gasteiger partial charge is 0.477 e. The van der Waals surface area contributed by atoms with Crippen molar-refractivity contribution in [2.24, 2.45) is 0 Å². The van der Waals surface area contributed by atoms with E-state index in [0.29, 0.717) is 30.6 Å². The summed E-state index contributed by atoms with van der Waals surface area (Å²) in [4.78, 5) is 48.1. The predicted molar refractivity (Wildman–Crippen MR) is 122 cm³/mol. The van der Waals surface area contributed by atoms with Crippen molar-refractivity contribution in [3.63, 3.8) is 0 Å². The molecular weight excluding hydrogens is 496 g/mol. The van der Waals surface area contributed by atoms with Gasteiger partial charge >= 0.3 is 23.9 Å². The summed E-state index contributed by atoms with van der Waals surface area (Å²) in [6.07, 6.45) is 0. The molecule has 12 heteroatoms. The van der Waals surface area contributed by atoms with Crippen LogP contribution in [0.25, 0.3) is 30.6 Å². The maximum absolute atomic E-state index is 11.7. The molecule has 0 spiro atoms. The molecular formula is C20H10O8S4. The van der Waals surface area contributed by atoms with E-state index in [4.69, 9.17) is 0 Å². The summed E-state index contributed by atoms with van der Waals surface area (Å²) in [5, 5.41) is 37.5. The summed E-state index contributed by atoms with van der Waals surface area (Å²) in [6, 6.07) is 8.83. The Balaban J connectivity index is 1.95. The van der Waals surface area contributed by atoms with Crippen molar-refractivity contribution in [3.8, 4) is 30.6 Å². The number of rotatable bonds is 7. The smallest absolute Gasteiger partial charge is 0.345 e. The lowest BCUT2D eigenvalue weighted by molar-refractivity contribution is 0.0691. The maximum atomic E-state index is 11.7. The highest BCUT2D eigenvalue weighted by molar-refractivity contribution is 7.25. The topological polar surface area (TPSA) is 149 Å². The fourth-order valence-electron chi connectivity index (χ4n) is 2.91. The van der Waals surface area contributed by atoms with Crippen LogP contribution >= 0.6 is 45.3 Å². The van der Waals surface area contributed by atoms with E-state index in [9.17, 15) is 39.6 Å². The molecule has 0 aliphatic heterocycles. The standard InChI is InChI=1S/C20H10O8S4/c21-17(22)11-3-1-9(29-11)15-7(5-13(31-15)19(25)26)8-6-14(20(27)28)32-16(8)10-2-4-12(30-10)18(23)24/h1-6H,(H,21,22)(H,23,24)(H,25,26)(H,27,28). The zero-order valence-electron chi connectivity index (χ0n) is 15.5. The second kappa shape index (κ2) is 8.31. The molecule has 0 unspecified atom stereocenters. The predicted octanol–water partition coefficient (Wildman–Crippen LogP) is 5.73. The Kier molecular flexibility index (Phi) is 5.69. The Morgan fingerprint density at radius 2 is 0.844 bits per heavy atom. The molecule has 0 amide bonds. The monoisotopic (exact) mass is 506 g/mol. The van der Waals surface area contributed by atoms with Crippen molar-refractivity contribution >= 4 is 69.2 Å². The van der Waals surface area contributed by atoms with Crippen LogP contribution in [0.2, 0.25) is 0 Å². The van der Waals surface area contributed by atoms with Gasteiger partial charge in [0.1, 0.15) is 19.5 Å². The first-order valence-corrected chi connectivity index (χ1v) is 11.8. The molecule has 4 aromatic heterocycles. The molecule has 0 fully saturated rings. The highest BCUT2D eigenvalue weighted by Crippen LogP contribution is 2.49. The lowest BCUT2D eigenvalue weighted by atomic mass is 10.0. The highest BCUT2D eigenvalue weighted by atomic mass is 32.1. The maximum Gasteiger partial charge on any atom is 0.345 e. The van der Waals surface area contributed by atoms with Crippen LogP contribution < -0.4 is 0 Å². The number of carboxylic acid groups (broad SMARTS) is 4. The lowest BCUT2D eigenvalue weighted by Crippen LogP contribution is -1.90. The molecule has 0 aromatic carbocycles. The molecule has 0 saturated carbocycles. The van der Waals surface area contributed by atoms with Crippen LogP contribution in [0.5, 0.6) is 0 Å². The van der Waals surface area contributed by atoms with Crippen molar-refractivity contribution in [2.45, 2.75) is 0 Å². The van der Waals surface area contributed by atoms with Crippen molar-refractivity contribution in [1.29, 1.82) is 0 Å². The number of carboxylic acids is 4. The Labute approximate surface area is 194 Å². The van der Waals surface area contributed by atoms with Crippen molar-refractivity contribution in [1.82, 2.24) is 0 Å². The van der Waals surface area contributed by atoms with Gasteiger partial charge in [0.25, 0.3) is 0 Å². The van der Waals surface area contributed by atoms with E-state index in [0.717, 1.165) is 45.3 Å². The minimum Gasteiger partial charge on any atom is -0.477 e. The van der Waals surface area contributed by atoms with Gasteiger partial charge in [0.2, 0.25) is 0 Å². The molecule has 4 rings (SSSR count). The summed E-state index contributed by atoms with van der Waals surface area (Å²) >= 11 is 3.87. The molecule has 0 radical (unpaired) electrons. The molecule has 0 aliphatic carbocycles. The average Bonchev–Trinajstić information content (AvgIpc) is 3.51. The van der Waals surface area contributed by atoms with E-state index < -0.39 is 23.9 Å². The van der Waals surface area contributed by atoms with Crippen LogP contribution in [-0.2, 0) is 0 Å². The Morgan fingerprint density at radius 3 is 1.12 bits per heavy atom. The average molecular weight is 507 g/mol. The molecule has 0 atom stereocenters.